The molecule has 0 bridgehead atoms. The van der Waals surface area contributed by atoms with Crippen LogP contribution >= 0.6 is 27.7 Å². The zero-order valence-electron chi connectivity index (χ0n) is 16.1. The average Bonchev–Trinajstić information content (AvgIpc) is 2.90. The quantitative estimate of drug-likeness (QED) is 0.341. The predicted molar refractivity (Wildman–Crippen MR) is 119 cm³/mol. The number of thioether (sulfide) groups is 1. The second kappa shape index (κ2) is 9.54. The molecule has 0 saturated carbocycles. The highest BCUT2D eigenvalue weighted by Crippen LogP contribution is 2.40. The molecule has 1 aromatic carbocycles. The number of nitrogens with one attached hydrogen (secondary N) is 1. The van der Waals surface area contributed by atoms with Crippen molar-refractivity contribution in [3.05, 3.63) is 52.8 Å². The van der Waals surface area contributed by atoms with E-state index in [1.807, 2.05) is 30.3 Å². The molecule has 1 aliphatic heterocycles. The van der Waals surface area contributed by atoms with Crippen LogP contribution in [0.5, 0.6) is 5.88 Å². The molecule has 6 nitrogen and oxygen atoms in total. The Morgan fingerprint density at radius 1 is 1.10 bits per heavy atom. The van der Waals surface area contributed by atoms with E-state index in [-0.39, 0.29) is 0 Å². The van der Waals surface area contributed by atoms with Crippen molar-refractivity contribution in [2.75, 3.05) is 11.1 Å². The SMILES string of the molecule is CCCCCCSc1nnc2c(n1)OC(c1ccncc1)Nc1ccc(Br)cc1-2. The number of rotatable bonds is 7. The zero-order chi connectivity index (χ0) is 20.1. The molecule has 1 unspecified atom stereocenters. The van der Waals surface area contributed by atoms with E-state index in [9.17, 15) is 0 Å². The summed E-state index contributed by atoms with van der Waals surface area (Å²) in [5.74, 6) is 1.47. The van der Waals surface area contributed by atoms with E-state index >= 15 is 0 Å². The molecule has 1 aliphatic rings. The molecule has 0 fully saturated rings. The highest BCUT2D eigenvalue weighted by atomic mass is 79.9. The number of hydrogen-bond donors (Lipinski definition) is 1. The first-order valence-corrected chi connectivity index (χ1v) is 11.5. The summed E-state index contributed by atoms with van der Waals surface area (Å²) in [5.41, 5.74) is 3.44. The van der Waals surface area contributed by atoms with Crippen molar-refractivity contribution in [1.82, 2.24) is 20.2 Å². The van der Waals surface area contributed by atoms with Crippen LogP contribution in [0.25, 0.3) is 11.3 Å². The molecule has 0 spiro atoms. The van der Waals surface area contributed by atoms with E-state index < -0.39 is 6.23 Å². The molecule has 1 atom stereocenters. The summed E-state index contributed by atoms with van der Waals surface area (Å²) >= 11 is 5.18. The Bertz CT molecular complexity index is 973. The topological polar surface area (TPSA) is 72.8 Å². The van der Waals surface area contributed by atoms with Gasteiger partial charge in [-0.05, 0) is 36.8 Å². The number of ether oxygens (including phenoxy) is 1. The van der Waals surface area contributed by atoms with Crippen molar-refractivity contribution >= 4 is 33.4 Å². The molecule has 29 heavy (non-hydrogen) atoms. The van der Waals surface area contributed by atoms with Gasteiger partial charge in [0.15, 0.2) is 11.9 Å². The minimum Gasteiger partial charge on any atom is -0.448 e. The molecule has 0 aliphatic carbocycles. The lowest BCUT2D eigenvalue weighted by atomic mass is 10.1. The molecular weight excluding hydrogens is 450 g/mol. The lowest BCUT2D eigenvalue weighted by Gasteiger charge is -2.19. The summed E-state index contributed by atoms with van der Waals surface area (Å²) < 4.78 is 7.23. The fraction of sp³-hybridized carbons (Fsp3) is 0.333. The van der Waals surface area contributed by atoms with E-state index in [4.69, 9.17) is 9.72 Å². The monoisotopic (exact) mass is 471 g/mol. The Balaban J connectivity index is 1.65. The summed E-state index contributed by atoms with van der Waals surface area (Å²) in [7, 11) is 0. The Morgan fingerprint density at radius 3 is 2.79 bits per heavy atom. The fourth-order valence-electron chi connectivity index (χ4n) is 3.11. The van der Waals surface area contributed by atoms with Gasteiger partial charge in [0, 0.05) is 39.4 Å². The van der Waals surface area contributed by atoms with E-state index in [0.29, 0.717) is 16.7 Å². The number of hydrogen-bond acceptors (Lipinski definition) is 7. The number of pyridine rings is 1. The van der Waals surface area contributed by atoms with E-state index in [1.165, 1.54) is 19.3 Å². The highest BCUT2D eigenvalue weighted by Gasteiger charge is 2.26. The van der Waals surface area contributed by atoms with Crippen LogP contribution in [0.15, 0.2) is 52.4 Å². The van der Waals surface area contributed by atoms with Crippen molar-refractivity contribution in [3.8, 4) is 17.1 Å². The van der Waals surface area contributed by atoms with Crippen LogP contribution in [0.3, 0.4) is 0 Å². The Hall–Kier alpha value is -2.19. The van der Waals surface area contributed by atoms with Gasteiger partial charge >= 0.3 is 0 Å². The van der Waals surface area contributed by atoms with Crippen molar-refractivity contribution in [2.45, 2.75) is 44.0 Å². The van der Waals surface area contributed by atoms with Crippen molar-refractivity contribution < 1.29 is 4.74 Å². The Morgan fingerprint density at radius 2 is 1.97 bits per heavy atom. The molecule has 4 rings (SSSR count). The largest absolute Gasteiger partial charge is 0.448 e. The first-order valence-electron chi connectivity index (χ1n) is 9.75. The third kappa shape index (κ3) is 4.87. The highest BCUT2D eigenvalue weighted by molar-refractivity contribution is 9.10. The minimum absolute atomic E-state index is 0.390. The lowest BCUT2D eigenvalue weighted by molar-refractivity contribution is 0.225. The van der Waals surface area contributed by atoms with Crippen molar-refractivity contribution in [1.29, 1.82) is 0 Å². The van der Waals surface area contributed by atoms with Crippen molar-refractivity contribution in [2.24, 2.45) is 0 Å². The molecule has 3 aromatic rings. The molecular formula is C21H22BrN5OS. The number of fused-ring (bicyclic) bond motifs is 3. The summed E-state index contributed by atoms with van der Waals surface area (Å²) in [6, 6.07) is 9.86. The van der Waals surface area contributed by atoms with Gasteiger partial charge in [-0.2, -0.15) is 4.98 Å². The maximum absolute atomic E-state index is 6.27. The van der Waals surface area contributed by atoms with Crippen LogP contribution in [0.4, 0.5) is 5.69 Å². The summed E-state index contributed by atoms with van der Waals surface area (Å²) in [6.07, 6.45) is 7.99. The fourth-order valence-corrected chi connectivity index (χ4v) is 4.25. The summed E-state index contributed by atoms with van der Waals surface area (Å²) in [4.78, 5) is 8.79. The standard InChI is InChI=1S/C21H22BrN5OS/c1-2-3-4-5-12-29-21-25-20-18(26-27-21)16-13-15(22)6-7-17(16)24-19(28-20)14-8-10-23-11-9-14/h6-11,13,19,24H,2-5,12H2,1H3. The maximum atomic E-state index is 6.27. The average molecular weight is 472 g/mol. The number of halogens is 1. The van der Waals surface area contributed by atoms with Gasteiger partial charge in [0.2, 0.25) is 11.0 Å². The smallest absolute Gasteiger partial charge is 0.247 e. The van der Waals surface area contributed by atoms with E-state index in [0.717, 1.165) is 33.5 Å². The second-order valence-electron chi connectivity index (χ2n) is 6.77. The Labute approximate surface area is 183 Å². The number of unbranched alkanes of at least 4 members (excludes halogenated alkanes) is 3. The van der Waals surface area contributed by atoms with Gasteiger partial charge in [-0.25, -0.2) is 0 Å². The number of nitrogens with zero attached hydrogens (tertiary/aromatic N) is 4. The van der Waals surface area contributed by atoms with Gasteiger partial charge < -0.3 is 10.1 Å². The first-order chi connectivity index (χ1) is 14.2. The van der Waals surface area contributed by atoms with Gasteiger partial charge in [0.25, 0.3) is 0 Å². The van der Waals surface area contributed by atoms with Gasteiger partial charge in [0.1, 0.15) is 0 Å². The minimum atomic E-state index is -0.390. The Kier molecular flexibility index (Phi) is 6.61. The third-order valence-corrected chi connectivity index (χ3v) is 6.04. The van der Waals surface area contributed by atoms with Gasteiger partial charge in [0.05, 0.1) is 0 Å². The first kappa shape index (κ1) is 20.1. The number of anilines is 1. The van der Waals surface area contributed by atoms with Crippen LogP contribution in [-0.2, 0) is 0 Å². The molecule has 150 valence electrons. The molecule has 0 amide bonds. The van der Waals surface area contributed by atoms with E-state index in [1.54, 1.807) is 24.2 Å². The van der Waals surface area contributed by atoms with Crippen LogP contribution in [0, 0.1) is 0 Å². The number of aromatic nitrogens is 4. The van der Waals surface area contributed by atoms with E-state index in [2.05, 4.69) is 43.4 Å². The molecule has 2 aromatic heterocycles. The van der Waals surface area contributed by atoms with Gasteiger partial charge in [-0.1, -0.05) is 53.9 Å². The summed E-state index contributed by atoms with van der Waals surface area (Å²) in [6.45, 7) is 2.22. The van der Waals surface area contributed by atoms with Crippen LogP contribution in [0.1, 0.15) is 44.4 Å². The maximum Gasteiger partial charge on any atom is 0.247 e. The van der Waals surface area contributed by atoms with Crippen LogP contribution < -0.4 is 10.1 Å². The molecule has 1 N–H and O–H groups in total. The number of benzene rings is 1. The molecule has 3 heterocycles. The van der Waals surface area contributed by atoms with Gasteiger partial charge in [-0.15, -0.1) is 10.2 Å². The zero-order valence-corrected chi connectivity index (χ0v) is 18.5. The molecule has 0 saturated heterocycles. The predicted octanol–water partition coefficient (Wildman–Crippen LogP) is 5.87. The molecule has 0 radical (unpaired) electrons. The van der Waals surface area contributed by atoms with Crippen molar-refractivity contribution in [3.63, 3.8) is 0 Å². The molecule has 8 heteroatoms. The summed E-state index contributed by atoms with van der Waals surface area (Å²) in [5, 5.41) is 12.9. The third-order valence-electron chi connectivity index (χ3n) is 4.63. The van der Waals surface area contributed by atoms with Crippen LogP contribution in [-0.4, -0.2) is 25.9 Å². The van der Waals surface area contributed by atoms with Gasteiger partial charge in [-0.3, -0.25) is 4.98 Å². The van der Waals surface area contributed by atoms with Crippen LogP contribution in [0.2, 0.25) is 0 Å². The lowest BCUT2D eigenvalue weighted by Crippen LogP contribution is -2.17. The second-order valence-corrected chi connectivity index (χ2v) is 8.75. The normalized spacial score (nSPS) is 14.9.